The van der Waals surface area contributed by atoms with E-state index >= 15 is 0 Å². The van der Waals surface area contributed by atoms with Crippen LogP contribution in [0.25, 0.3) is 20.7 Å². The first-order valence-corrected chi connectivity index (χ1v) is 10.5. The van der Waals surface area contributed by atoms with Gasteiger partial charge < -0.3 is 9.88 Å². The minimum absolute atomic E-state index is 0.0776. The van der Waals surface area contributed by atoms with Crippen LogP contribution >= 0.6 is 11.3 Å². The summed E-state index contributed by atoms with van der Waals surface area (Å²) in [6, 6.07) is 8.59. The van der Waals surface area contributed by atoms with Crippen LogP contribution in [0.1, 0.15) is 50.9 Å². The minimum Gasteiger partial charge on any atom is -0.380 e. The first-order valence-electron chi connectivity index (χ1n) is 9.71. The summed E-state index contributed by atoms with van der Waals surface area (Å²) in [6.45, 7) is 15.7. The van der Waals surface area contributed by atoms with Crippen molar-refractivity contribution in [1.29, 1.82) is 0 Å². The summed E-state index contributed by atoms with van der Waals surface area (Å²) in [6.07, 6.45) is 1.06. The van der Waals surface area contributed by atoms with Crippen LogP contribution < -0.4 is 10.7 Å². The third-order valence-corrected chi connectivity index (χ3v) is 7.08. The quantitative estimate of drug-likeness (QED) is 0.564. The molecule has 0 fully saturated rings. The Hall–Kier alpha value is -2.07. The fourth-order valence-corrected chi connectivity index (χ4v) is 4.93. The molecular weight excluding hydrogens is 352 g/mol. The first kappa shape index (κ1) is 19.7. The molecule has 0 saturated heterocycles. The van der Waals surface area contributed by atoms with Crippen molar-refractivity contribution in [3.05, 3.63) is 51.3 Å². The topological polar surface area (TPSA) is 34.0 Å². The molecule has 1 N–H and O–H groups in total. The van der Waals surface area contributed by atoms with Gasteiger partial charge in [-0.05, 0) is 71.2 Å². The normalized spacial score (nSPS) is 12.0. The van der Waals surface area contributed by atoms with E-state index in [-0.39, 0.29) is 11.0 Å². The lowest BCUT2D eigenvalue weighted by atomic mass is 10.0. The zero-order valence-electron chi connectivity index (χ0n) is 17.5. The highest BCUT2D eigenvalue weighted by molar-refractivity contribution is 7.22. The van der Waals surface area contributed by atoms with Crippen LogP contribution in [0.5, 0.6) is 0 Å². The van der Waals surface area contributed by atoms with E-state index in [2.05, 4.69) is 68.8 Å². The number of thiophene rings is 1. The van der Waals surface area contributed by atoms with Crippen molar-refractivity contribution in [1.82, 2.24) is 4.57 Å². The highest BCUT2D eigenvalue weighted by Gasteiger charge is 2.19. The van der Waals surface area contributed by atoms with Gasteiger partial charge in [0.15, 0.2) is 5.43 Å². The van der Waals surface area contributed by atoms with Crippen molar-refractivity contribution in [2.45, 2.75) is 67.0 Å². The van der Waals surface area contributed by atoms with Gasteiger partial charge in [0, 0.05) is 33.9 Å². The lowest BCUT2D eigenvalue weighted by Gasteiger charge is -2.26. The number of nitrogens with zero attached hydrogens (tertiary/aromatic N) is 1. The molecule has 0 amide bonds. The van der Waals surface area contributed by atoms with E-state index in [0.717, 1.165) is 45.7 Å². The van der Waals surface area contributed by atoms with Crippen LogP contribution in [-0.2, 0) is 6.54 Å². The van der Waals surface area contributed by atoms with Gasteiger partial charge in [-0.1, -0.05) is 19.1 Å². The Bertz CT molecular complexity index is 1040. The van der Waals surface area contributed by atoms with Crippen LogP contribution in [0, 0.1) is 20.8 Å². The van der Waals surface area contributed by atoms with E-state index in [1.54, 1.807) is 11.3 Å². The minimum atomic E-state index is 0.0776. The van der Waals surface area contributed by atoms with Gasteiger partial charge in [0.1, 0.15) is 4.83 Å². The fourth-order valence-electron chi connectivity index (χ4n) is 3.50. The molecule has 0 radical (unpaired) electrons. The zero-order valence-corrected chi connectivity index (χ0v) is 18.3. The number of benzene rings is 1. The number of hydrogen-bond donors (Lipinski definition) is 1. The van der Waals surface area contributed by atoms with Gasteiger partial charge in [0.05, 0.1) is 5.39 Å². The van der Waals surface area contributed by atoms with Crippen LogP contribution in [0.3, 0.4) is 0 Å². The van der Waals surface area contributed by atoms with Gasteiger partial charge in [0.2, 0.25) is 0 Å². The number of aromatic nitrogens is 1. The monoisotopic (exact) mass is 382 g/mol. The molecule has 0 aliphatic rings. The summed E-state index contributed by atoms with van der Waals surface area (Å²) in [5.74, 6) is 0. The number of nitrogens with one attached hydrogen (secondary N) is 1. The molecule has 3 rings (SSSR count). The van der Waals surface area contributed by atoms with E-state index in [4.69, 9.17) is 0 Å². The Kier molecular flexibility index (Phi) is 5.22. The predicted molar refractivity (Wildman–Crippen MR) is 119 cm³/mol. The van der Waals surface area contributed by atoms with Gasteiger partial charge in [-0.2, -0.15) is 0 Å². The molecule has 3 aromatic rings. The molecule has 4 heteroatoms. The summed E-state index contributed by atoms with van der Waals surface area (Å²) in [5.41, 5.74) is 5.58. The van der Waals surface area contributed by atoms with Crippen LogP contribution in [-0.4, -0.2) is 10.1 Å². The Morgan fingerprint density at radius 1 is 1.04 bits per heavy atom. The summed E-state index contributed by atoms with van der Waals surface area (Å²) < 4.78 is 2.27. The van der Waals surface area contributed by atoms with Crippen molar-refractivity contribution < 1.29 is 0 Å². The number of aryl methyl sites for hydroxylation is 2. The molecule has 2 aromatic heterocycles. The van der Waals surface area contributed by atoms with E-state index < -0.39 is 0 Å². The Balaban J connectivity index is 2.12. The molecule has 0 aliphatic carbocycles. The smallest absolute Gasteiger partial charge is 0.193 e. The summed E-state index contributed by atoms with van der Waals surface area (Å²) in [7, 11) is 0. The number of anilines is 1. The first-order chi connectivity index (χ1) is 12.7. The maximum atomic E-state index is 12.9. The van der Waals surface area contributed by atoms with E-state index in [1.165, 1.54) is 10.4 Å². The molecule has 2 heterocycles. The van der Waals surface area contributed by atoms with E-state index in [1.807, 2.05) is 13.8 Å². The molecule has 0 saturated carbocycles. The van der Waals surface area contributed by atoms with Gasteiger partial charge in [-0.15, -0.1) is 11.3 Å². The molecule has 144 valence electrons. The molecule has 0 atom stereocenters. The average Bonchev–Trinajstić information content (AvgIpc) is 2.98. The van der Waals surface area contributed by atoms with Crippen molar-refractivity contribution in [3.8, 4) is 10.4 Å². The number of rotatable bonds is 5. The van der Waals surface area contributed by atoms with Gasteiger partial charge >= 0.3 is 0 Å². The molecule has 0 spiro atoms. The fraction of sp³-hybridized carbons (Fsp3) is 0.435. The second-order valence-electron chi connectivity index (χ2n) is 7.96. The van der Waals surface area contributed by atoms with Gasteiger partial charge in [-0.3, -0.25) is 4.79 Å². The largest absolute Gasteiger partial charge is 0.380 e. The second-order valence-corrected chi connectivity index (χ2v) is 8.96. The predicted octanol–water partition coefficient (Wildman–Crippen LogP) is 6.28. The SMILES string of the molecule is CCn1c(C)c(C)c(=O)c2c(C)c(-c3ccc(NC(C)(C)CC)cc3)sc21. The Morgan fingerprint density at radius 3 is 2.22 bits per heavy atom. The van der Waals surface area contributed by atoms with Crippen molar-refractivity contribution in [2.24, 2.45) is 0 Å². The maximum Gasteiger partial charge on any atom is 0.193 e. The Labute approximate surface area is 166 Å². The lowest BCUT2D eigenvalue weighted by Crippen LogP contribution is -2.29. The van der Waals surface area contributed by atoms with Crippen molar-refractivity contribution in [3.63, 3.8) is 0 Å². The molecule has 0 bridgehead atoms. The van der Waals surface area contributed by atoms with Crippen LogP contribution in [0.15, 0.2) is 29.1 Å². The molecular formula is C23H30N2OS. The maximum absolute atomic E-state index is 12.9. The summed E-state index contributed by atoms with van der Waals surface area (Å²) in [5, 5.41) is 4.46. The molecule has 0 unspecified atom stereocenters. The number of fused-ring (bicyclic) bond motifs is 1. The van der Waals surface area contributed by atoms with Crippen LogP contribution in [0.4, 0.5) is 5.69 Å². The lowest BCUT2D eigenvalue weighted by molar-refractivity contribution is 0.547. The van der Waals surface area contributed by atoms with Crippen molar-refractivity contribution >= 4 is 27.2 Å². The third kappa shape index (κ3) is 3.43. The average molecular weight is 383 g/mol. The van der Waals surface area contributed by atoms with Gasteiger partial charge in [0.25, 0.3) is 0 Å². The Morgan fingerprint density at radius 2 is 1.67 bits per heavy atom. The van der Waals surface area contributed by atoms with E-state index in [9.17, 15) is 4.79 Å². The molecule has 27 heavy (non-hydrogen) atoms. The third-order valence-electron chi connectivity index (χ3n) is 5.72. The summed E-state index contributed by atoms with van der Waals surface area (Å²) >= 11 is 1.73. The van der Waals surface area contributed by atoms with Crippen molar-refractivity contribution in [2.75, 3.05) is 5.32 Å². The number of hydrogen-bond acceptors (Lipinski definition) is 3. The van der Waals surface area contributed by atoms with Gasteiger partial charge in [-0.25, -0.2) is 0 Å². The standard InChI is InChI=1S/C23H30N2OS/c1-8-23(6,7)24-18-12-10-17(11-13-18)21-15(4)19-20(26)14(3)16(5)25(9-2)22(19)27-21/h10-13,24H,8-9H2,1-7H3. The van der Waals surface area contributed by atoms with E-state index in [0.29, 0.717) is 0 Å². The highest BCUT2D eigenvalue weighted by atomic mass is 32.1. The molecule has 1 aromatic carbocycles. The molecule has 3 nitrogen and oxygen atoms in total. The second kappa shape index (κ2) is 7.16. The van der Waals surface area contributed by atoms with Crippen LogP contribution in [0.2, 0.25) is 0 Å². The molecule has 0 aliphatic heterocycles. The zero-order chi connectivity index (χ0) is 19.9. The number of pyridine rings is 1. The highest BCUT2D eigenvalue weighted by Crippen LogP contribution is 2.38. The summed E-state index contributed by atoms with van der Waals surface area (Å²) in [4.78, 5) is 15.2.